The van der Waals surface area contributed by atoms with Crippen molar-refractivity contribution in [3.63, 3.8) is 0 Å². The fraction of sp³-hybridized carbons (Fsp3) is 0.267. The first-order chi connectivity index (χ1) is 9.67. The number of hydrogen-bond acceptors (Lipinski definition) is 5. The standard InChI is InChI=1S/C15H18N2O3/c1-10-5-6-14(16-9-10)17-11-7-12(18-2)15(20-4)13(8-11)19-3/h5-9H,1-4H3,(H,16,17). The van der Waals surface area contributed by atoms with Gasteiger partial charge in [0.2, 0.25) is 5.75 Å². The number of rotatable bonds is 5. The van der Waals surface area contributed by atoms with Crippen molar-refractivity contribution in [2.75, 3.05) is 26.6 Å². The third-order valence-corrected chi connectivity index (χ3v) is 2.85. The van der Waals surface area contributed by atoms with E-state index in [4.69, 9.17) is 14.2 Å². The van der Waals surface area contributed by atoms with Crippen LogP contribution in [-0.2, 0) is 0 Å². The number of aryl methyl sites for hydroxylation is 1. The van der Waals surface area contributed by atoms with E-state index in [1.807, 2.05) is 31.2 Å². The molecule has 0 aliphatic heterocycles. The Balaban J connectivity index is 2.34. The van der Waals surface area contributed by atoms with Gasteiger partial charge in [0.25, 0.3) is 0 Å². The van der Waals surface area contributed by atoms with E-state index in [1.165, 1.54) is 0 Å². The Hall–Kier alpha value is -2.43. The van der Waals surface area contributed by atoms with Crippen LogP contribution in [0.3, 0.4) is 0 Å². The van der Waals surface area contributed by atoms with Crippen LogP contribution in [0.25, 0.3) is 0 Å². The number of pyridine rings is 1. The van der Waals surface area contributed by atoms with Gasteiger partial charge in [0, 0.05) is 24.0 Å². The summed E-state index contributed by atoms with van der Waals surface area (Å²) in [5.41, 5.74) is 1.93. The van der Waals surface area contributed by atoms with Gasteiger partial charge in [-0.3, -0.25) is 0 Å². The highest BCUT2D eigenvalue weighted by Gasteiger charge is 2.13. The minimum Gasteiger partial charge on any atom is -0.493 e. The minimum absolute atomic E-state index is 0.567. The average molecular weight is 274 g/mol. The molecule has 1 aromatic carbocycles. The second-order valence-electron chi connectivity index (χ2n) is 4.26. The molecule has 0 aliphatic rings. The first-order valence-electron chi connectivity index (χ1n) is 6.17. The molecule has 0 fully saturated rings. The molecule has 0 unspecified atom stereocenters. The van der Waals surface area contributed by atoms with Crippen LogP contribution < -0.4 is 19.5 Å². The van der Waals surface area contributed by atoms with E-state index in [-0.39, 0.29) is 0 Å². The molecule has 1 heterocycles. The summed E-state index contributed by atoms with van der Waals surface area (Å²) in [7, 11) is 4.76. The van der Waals surface area contributed by atoms with Crippen LogP contribution in [0, 0.1) is 6.92 Å². The van der Waals surface area contributed by atoms with E-state index in [0.717, 1.165) is 17.1 Å². The molecule has 1 N–H and O–H groups in total. The van der Waals surface area contributed by atoms with Gasteiger partial charge in [0.1, 0.15) is 5.82 Å². The highest BCUT2D eigenvalue weighted by Crippen LogP contribution is 2.40. The Morgan fingerprint density at radius 3 is 2.05 bits per heavy atom. The Morgan fingerprint density at radius 2 is 1.60 bits per heavy atom. The smallest absolute Gasteiger partial charge is 0.203 e. The van der Waals surface area contributed by atoms with Crippen LogP contribution in [0.1, 0.15) is 5.56 Å². The number of benzene rings is 1. The maximum absolute atomic E-state index is 5.31. The SMILES string of the molecule is COc1cc(Nc2ccc(C)cn2)cc(OC)c1OC. The van der Waals surface area contributed by atoms with Crippen LogP contribution in [0.5, 0.6) is 17.2 Å². The van der Waals surface area contributed by atoms with Gasteiger partial charge in [-0.15, -0.1) is 0 Å². The molecule has 0 spiro atoms. The predicted molar refractivity (Wildman–Crippen MR) is 78.4 cm³/mol. The monoisotopic (exact) mass is 274 g/mol. The van der Waals surface area contributed by atoms with Gasteiger partial charge in [0.15, 0.2) is 11.5 Å². The van der Waals surface area contributed by atoms with Gasteiger partial charge >= 0.3 is 0 Å². The van der Waals surface area contributed by atoms with Crippen molar-refractivity contribution in [3.8, 4) is 17.2 Å². The number of aromatic nitrogens is 1. The summed E-state index contributed by atoms with van der Waals surface area (Å²) >= 11 is 0. The molecular formula is C15H18N2O3. The number of hydrogen-bond donors (Lipinski definition) is 1. The maximum Gasteiger partial charge on any atom is 0.203 e. The van der Waals surface area contributed by atoms with Crippen molar-refractivity contribution in [2.24, 2.45) is 0 Å². The summed E-state index contributed by atoms with van der Waals surface area (Å²) in [6, 6.07) is 7.58. The second-order valence-corrected chi connectivity index (χ2v) is 4.26. The largest absolute Gasteiger partial charge is 0.493 e. The zero-order valence-electron chi connectivity index (χ0n) is 12.1. The van der Waals surface area contributed by atoms with E-state index < -0.39 is 0 Å². The lowest BCUT2D eigenvalue weighted by atomic mass is 10.2. The quantitative estimate of drug-likeness (QED) is 0.907. The van der Waals surface area contributed by atoms with E-state index in [0.29, 0.717) is 17.2 Å². The van der Waals surface area contributed by atoms with Crippen LogP contribution >= 0.6 is 0 Å². The van der Waals surface area contributed by atoms with Crippen molar-refractivity contribution in [3.05, 3.63) is 36.0 Å². The van der Waals surface area contributed by atoms with Gasteiger partial charge in [-0.1, -0.05) is 6.07 Å². The van der Waals surface area contributed by atoms with Crippen molar-refractivity contribution in [1.29, 1.82) is 0 Å². The zero-order valence-corrected chi connectivity index (χ0v) is 12.1. The van der Waals surface area contributed by atoms with Gasteiger partial charge in [-0.2, -0.15) is 0 Å². The Morgan fingerprint density at radius 1 is 0.950 bits per heavy atom. The summed E-state index contributed by atoms with van der Waals surface area (Å²) in [6.07, 6.45) is 1.81. The summed E-state index contributed by atoms with van der Waals surface area (Å²) in [5.74, 6) is 2.52. The van der Waals surface area contributed by atoms with Crippen molar-refractivity contribution < 1.29 is 14.2 Å². The first kappa shape index (κ1) is 14.0. The molecule has 106 valence electrons. The molecule has 0 saturated heterocycles. The van der Waals surface area contributed by atoms with E-state index >= 15 is 0 Å². The van der Waals surface area contributed by atoms with Gasteiger partial charge in [-0.25, -0.2) is 4.98 Å². The number of nitrogens with one attached hydrogen (secondary N) is 1. The van der Waals surface area contributed by atoms with Crippen LogP contribution in [-0.4, -0.2) is 26.3 Å². The summed E-state index contributed by atoms with van der Waals surface area (Å²) in [4.78, 5) is 4.30. The molecular weight excluding hydrogens is 256 g/mol. The highest BCUT2D eigenvalue weighted by atomic mass is 16.5. The van der Waals surface area contributed by atoms with E-state index in [1.54, 1.807) is 27.5 Å². The highest BCUT2D eigenvalue weighted by molar-refractivity contribution is 5.66. The number of ether oxygens (including phenoxy) is 3. The molecule has 0 aliphatic carbocycles. The van der Waals surface area contributed by atoms with E-state index in [9.17, 15) is 0 Å². The lowest BCUT2D eigenvalue weighted by Gasteiger charge is -2.14. The van der Waals surface area contributed by atoms with E-state index in [2.05, 4.69) is 10.3 Å². The van der Waals surface area contributed by atoms with Crippen molar-refractivity contribution in [2.45, 2.75) is 6.92 Å². The fourth-order valence-corrected chi connectivity index (χ4v) is 1.84. The second kappa shape index (κ2) is 6.14. The molecule has 0 amide bonds. The van der Waals surface area contributed by atoms with Gasteiger partial charge in [0.05, 0.1) is 21.3 Å². The van der Waals surface area contributed by atoms with Crippen LogP contribution in [0.15, 0.2) is 30.5 Å². The topological polar surface area (TPSA) is 52.6 Å². The predicted octanol–water partition coefficient (Wildman–Crippen LogP) is 3.16. The first-order valence-corrected chi connectivity index (χ1v) is 6.17. The average Bonchev–Trinajstić information content (AvgIpc) is 2.48. The summed E-state index contributed by atoms with van der Waals surface area (Å²) in [5, 5.41) is 3.21. The third-order valence-electron chi connectivity index (χ3n) is 2.85. The maximum atomic E-state index is 5.31. The molecule has 20 heavy (non-hydrogen) atoms. The number of nitrogens with zero attached hydrogens (tertiary/aromatic N) is 1. The summed E-state index contributed by atoms with van der Waals surface area (Å²) in [6.45, 7) is 2.00. The molecule has 2 rings (SSSR count). The Bertz CT molecular complexity index is 557. The van der Waals surface area contributed by atoms with Crippen LogP contribution in [0.4, 0.5) is 11.5 Å². The molecule has 0 radical (unpaired) electrons. The molecule has 5 nitrogen and oxygen atoms in total. The lowest BCUT2D eigenvalue weighted by Crippen LogP contribution is -1.98. The fourth-order valence-electron chi connectivity index (χ4n) is 1.84. The Labute approximate surface area is 118 Å². The molecule has 5 heteroatoms. The lowest BCUT2D eigenvalue weighted by molar-refractivity contribution is 0.324. The normalized spacial score (nSPS) is 10.0. The summed E-state index contributed by atoms with van der Waals surface area (Å²) < 4.78 is 15.9. The van der Waals surface area contributed by atoms with Crippen molar-refractivity contribution >= 4 is 11.5 Å². The molecule has 2 aromatic rings. The van der Waals surface area contributed by atoms with Crippen molar-refractivity contribution in [1.82, 2.24) is 4.98 Å². The third kappa shape index (κ3) is 2.93. The molecule has 0 bridgehead atoms. The zero-order chi connectivity index (χ0) is 14.5. The Kier molecular flexibility index (Phi) is 4.30. The van der Waals surface area contributed by atoms with Gasteiger partial charge in [-0.05, 0) is 18.6 Å². The number of methoxy groups -OCH3 is 3. The molecule has 0 saturated carbocycles. The molecule has 1 aromatic heterocycles. The molecule has 0 atom stereocenters. The van der Waals surface area contributed by atoms with Gasteiger partial charge < -0.3 is 19.5 Å². The van der Waals surface area contributed by atoms with Crippen LogP contribution in [0.2, 0.25) is 0 Å². The number of anilines is 2. The minimum atomic E-state index is 0.567.